The highest BCUT2D eigenvalue weighted by Crippen LogP contribution is 2.14. The van der Waals surface area contributed by atoms with E-state index in [4.69, 9.17) is 20.9 Å². The summed E-state index contributed by atoms with van der Waals surface area (Å²) in [5.74, 6) is -1.03. The van der Waals surface area contributed by atoms with Crippen molar-refractivity contribution in [3.8, 4) is 0 Å². The fraction of sp³-hybridized carbons (Fsp3) is 0.0833. The van der Waals surface area contributed by atoms with Crippen LogP contribution in [0.4, 0.5) is 21.0 Å². The van der Waals surface area contributed by atoms with Gasteiger partial charge in [-0.2, -0.15) is 0 Å². The molecule has 10 heteroatoms. The number of hydrogen-bond acceptors (Lipinski definition) is 6. The lowest BCUT2D eigenvalue weighted by atomic mass is 10.1. The first kappa shape index (κ1) is 23.8. The fourth-order valence-corrected chi connectivity index (χ4v) is 2.86. The molecule has 0 unspecified atom stereocenters. The lowest BCUT2D eigenvalue weighted by molar-refractivity contribution is 0.0460. The van der Waals surface area contributed by atoms with Gasteiger partial charge in [-0.05, 0) is 59.7 Å². The molecule has 6 N–H and O–H groups in total. The molecular weight excluding hydrogens is 440 g/mol. The van der Waals surface area contributed by atoms with E-state index in [1.165, 1.54) is 24.3 Å². The Morgan fingerprint density at radius 2 is 0.882 bits per heavy atom. The monoisotopic (exact) mass is 462 g/mol. The second-order valence-corrected chi connectivity index (χ2v) is 7.10. The molecule has 0 fully saturated rings. The van der Waals surface area contributed by atoms with E-state index in [2.05, 4.69) is 10.6 Å². The molecule has 0 saturated carbocycles. The van der Waals surface area contributed by atoms with Gasteiger partial charge in [0.2, 0.25) is 0 Å². The van der Waals surface area contributed by atoms with E-state index in [0.717, 1.165) is 11.1 Å². The number of amides is 4. The number of anilines is 2. The Hall–Kier alpha value is -4.86. The van der Waals surface area contributed by atoms with E-state index in [-0.39, 0.29) is 13.2 Å². The van der Waals surface area contributed by atoms with E-state index in [1.807, 2.05) is 0 Å². The van der Waals surface area contributed by atoms with Crippen molar-refractivity contribution in [2.24, 2.45) is 11.5 Å². The van der Waals surface area contributed by atoms with Crippen LogP contribution in [0.3, 0.4) is 0 Å². The number of urea groups is 2. The largest absolute Gasteiger partial charge is 0.457 e. The highest BCUT2D eigenvalue weighted by Gasteiger charge is 2.10. The Balaban J connectivity index is 1.46. The predicted octanol–water partition coefficient (Wildman–Crippen LogP) is 3.38. The van der Waals surface area contributed by atoms with Crippen LogP contribution in [0, 0.1) is 0 Å². The third-order valence-corrected chi connectivity index (χ3v) is 4.54. The summed E-state index contributed by atoms with van der Waals surface area (Å²) in [4.78, 5) is 46.0. The highest BCUT2D eigenvalue weighted by atomic mass is 16.5. The lowest BCUT2D eigenvalue weighted by Crippen LogP contribution is -2.19. The number of nitrogens with one attached hydrogen (secondary N) is 2. The number of carbonyl (C=O) groups excluding carboxylic acids is 4. The normalized spacial score (nSPS) is 10.1. The summed E-state index contributed by atoms with van der Waals surface area (Å²) in [7, 11) is 0. The molecule has 10 nitrogen and oxygen atoms in total. The Morgan fingerprint density at radius 1 is 0.559 bits per heavy atom. The van der Waals surface area contributed by atoms with E-state index in [9.17, 15) is 19.2 Å². The van der Waals surface area contributed by atoms with Crippen LogP contribution in [-0.2, 0) is 22.7 Å². The second-order valence-electron chi connectivity index (χ2n) is 7.10. The molecule has 0 aliphatic carbocycles. The van der Waals surface area contributed by atoms with Gasteiger partial charge < -0.3 is 31.6 Å². The van der Waals surface area contributed by atoms with Gasteiger partial charge in [0.25, 0.3) is 0 Å². The van der Waals surface area contributed by atoms with Crippen LogP contribution in [0.25, 0.3) is 0 Å². The topological polar surface area (TPSA) is 163 Å². The summed E-state index contributed by atoms with van der Waals surface area (Å²) in [6, 6.07) is 17.9. The summed E-state index contributed by atoms with van der Waals surface area (Å²) < 4.78 is 10.6. The Labute approximate surface area is 194 Å². The molecule has 4 amide bonds. The molecule has 0 radical (unpaired) electrons. The van der Waals surface area contributed by atoms with Crippen LogP contribution in [0.15, 0.2) is 72.8 Å². The van der Waals surface area contributed by atoms with Gasteiger partial charge in [-0.15, -0.1) is 0 Å². The van der Waals surface area contributed by atoms with Crippen LogP contribution < -0.4 is 22.1 Å². The number of primary amides is 2. The standard InChI is InChI=1S/C24H22N4O6/c25-23(31)27-19-9-5-17(6-10-19)21(29)33-13-15-1-2-16(4-3-15)14-34-22(30)18-7-11-20(12-8-18)28-24(26)32/h1-12H,13-14H2,(H3,25,27,31)(H3,26,28,32). The molecular formula is C24H22N4O6. The summed E-state index contributed by atoms with van der Waals surface area (Å²) in [6.45, 7) is 0.123. The van der Waals surface area contributed by atoms with Gasteiger partial charge in [0.15, 0.2) is 0 Å². The van der Waals surface area contributed by atoms with Crippen molar-refractivity contribution >= 4 is 35.4 Å². The molecule has 0 aliphatic rings. The van der Waals surface area contributed by atoms with Gasteiger partial charge in [-0.1, -0.05) is 24.3 Å². The average molecular weight is 462 g/mol. The number of rotatable bonds is 8. The average Bonchev–Trinajstić information content (AvgIpc) is 2.82. The number of benzene rings is 3. The molecule has 0 aromatic heterocycles. The van der Waals surface area contributed by atoms with Gasteiger partial charge in [0.1, 0.15) is 13.2 Å². The minimum atomic E-state index is -0.693. The Bertz CT molecular complexity index is 1080. The van der Waals surface area contributed by atoms with Gasteiger partial charge >= 0.3 is 24.0 Å². The molecule has 3 rings (SSSR count). The van der Waals surface area contributed by atoms with Gasteiger partial charge in [-0.25, -0.2) is 19.2 Å². The molecule has 0 heterocycles. The van der Waals surface area contributed by atoms with Crippen molar-refractivity contribution in [1.82, 2.24) is 0 Å². The quantitative estimate of drug-likeness (QED) is 0.375. The fourth-order valence-electron chi connectivity index (χ4n) is 2.86. The number of esters is 2. The summed E-state index contributed by atoms with van der Waals surface area (Å²) >= 11 is 0. The highest BCUT2D eigenvalue weighted by molar-refractivity contribution is 5.92. The molecule has 3 aromatic rings. The van der Waals surface area contributed by atoms with Gasteiger partial charge in [0, 0.05) is 11.4 Å². The van der Waals surface area contributed by atoms with E-state index < -0.39 is 24.0 Å². The van der Waals surface area contributed by atoms with Crippen molar-refractivity contribution in [3.63, 3.8) is 0 Å². The number of ether oxygens (including phenoxy) is 2. The van der Waals surface area contributed by atoms with E-state index in [1.54, 1.807) is 48.5 Å². The van der Waals surface area contributed by atoms with E-state index >= 15 is 0 Å². The minimum absolute atomic E-state index is 0.0614. The first-order chi connectivity index (χ1) is 16.3. The number of nitrogens with two attached hydrogens (primary N) is 2. The van der Waals surface area contributed by atoms with Crippen LogP contribution in [0.1, 0.15) is 31.8 Å². The Morgan fingerprint density at radius 3 is 1.18 bits per heavy atom. The summed E-state index contributed by atoms with van der Waals surface area (Å²) in [5.41, 5.74) is 13.2. The minimum Gasteiger partial charge on any atom is -0.457 e. The van der Waals surface area contributed by atoms with Crippen molar-refractivity contribution < 1.29 is 28.7 Å². The molecule has 34 heavy (non-hydrogen) atoms. The maximum absolute atomic E-state index is 12.2. The van der Waals surface area contributed by atoms with Crippen LogP contribution >= 0.6 is 0 Å². The van der Waals surface area contributed by atoms with Gasteiger partial charge in [-0.3, -0.25) is 0 Å². The van der Waals surface area contributed by atoms with E-state index in [0.29, 0.717) is 22.5 Å². The third-order valence-electron chi connectivity index (χ3n) is 4.54. The zero-order chi connectivity index (χ0) is 24.5. The first-order valence-corrected chi connectivity index (χ1v) is 10.1. The maximum atomic E-state index is 12.2. The van der Waals surface area contributed by atoms with Crippen molar-refractivity contribution in [2.75, 3.05) is 10.6 Å². The molecule has 0 spiro atoms. The molecule has 0 aliphatic heterocycles. The Kier molecular flexibility index (Phi) is 7.79. The number of hydrogen-bond donors (Lipinski definition) is 4. The van der Waals surface area contributed by atoms with Crippen molar-refractivity contribution in [1.29, 1.82) is 0 Å². The summed E-state index contributed by atoms with van der Waals surface area (Å²) in [5, 5.41) is 4.81. The number of carbonyl (C=O) groups is 4. The first-order valence-electron chi connectivity index (χ1n) is 10.1. The van der Waals surface area contributed by atoms with Crippen molar-refractivity contribution in [2.45, 2.75) is 13.2 Å². The smallest absolute Gasteiger partial charge is 0.338 e. The summed E-state index contributed by atoms with van der Waals surface area (Å²) in [6.07, 6.45) is 0. The lowest BCUT2D eigenvalue weighted by Gasteiger charge is -2.08. The predicted molar refractivity (Wildman–Crippen MR) is 124 cm³/mol. The molecule has 0 atom stereocenters. The molecule has 3 aromatic carbocycles. The second kappa shape index (κ2) is 11.1. The zero-order valence-electron chi connectivity index (χ0n) is 17.9. The SMILES string of the molecule is NC(=O)Nc1ccc(C(=O)OCc2ccc(COC(=O)c3ccc(NC(N)=O)cc3)cc2)cc1. The molecule has 0 bridgehead atoms. The third kappa shape index (κ3) is 7.09. The van der Waals surface area contributed by atoms with Crippen LogP contribution in [-0.4, -0.2) is 24.0 Å². The van der Waals surface area contributed by atoms with Gasteiger partial charge in [0.05, 0.1) is 11.1 Å². The molecule has 0 saturated heterocycles. The molecule has 174 valence electrons. The zero-order valence-corrected chi connectivity index (χ0v) is 17.9. The van der Waals surface area contributed by atoms with Crippen molar-refractivity contribution in [3.05, 3.63) is 95.1 Å². The van der Waals surface area contributed by atoms with Crippen LogP contribution in [0.5, 0.6) is 0 Å². The maximum Gasteiger partial charge on any atom is 0.338 e. The van der Waals surface area contributed by atoms with Crippen LogP contribution in [0.2, 0.25) is 0 Å².